The van der Waals surface area contributed by atoms with Gasteiger partial charge in [-0.15, -0.1) is 0 Å². The monoisotopic (exact) mass is 309 g/mol. The minimum atomic E-state index is -0.457. The highest BCUT2D eigenvalue weighted by atomic mass is 16.2. The summed E-state index contributed by atoms with van der Waals surface area (Å²) in [4.78, 5) is 29.7. The van der Waals surface area contributed by atoms with E-state index in [0.717, 1.165) is 36.3 Å². The standard InChI is InChI=1S/C18H19N3O2/c1-12(22)21-10-4-9-17(21)16-8-3-7-15(20-16)13-5-2-6-14(11-13)18(19)23/h2-3,5-8,11,17H,4,9-10H2,1H3,(H2,19,23)/t17-/m1/s1. The molecule has 5 heteroatoms. The van der Waals surface area contributed by atoms with Crippen LogP contribution < -0.4 is 5.73 Å². The average molecular weight is 309 g/mol. The van der Waals surface area contributed by atoms with Crippen LogP contribution >= 0.6 is 0 Å². The summed E-state index contributed by atoms with van der Waals surface area (Å²) in [7, 11) is 0. The lowest BCUT2D eigenvalue weighted by Gasteiger charge is -2.23. The molecule has 0 aliphatic carbocycles. The SMILES string of the molecule is CC(=O)N1CCC[C@@H]1c1cccc(-c2cccc(C(N)=O)c2)n1. The Morgan fingerprint density at radius 2 is 2.00 bits per heavy atom. The Balaban J connectivity index is 1.95. The molecule has 1 aliphatic rings. The van der Waals surface area contributed by atoms with Gasteiger partial charge in [0.05, 0.1) is 17.4 Å². The Labute approximate surface area is 135 Å². The zero-order valence-electron chi connectivity index (χ0n) is 13.0. The first kappa shape index (κ1) is 15.2. The van der Waals surface area contributed by atoms with Gasteiger partial charge in [0.25, 0.3) is 0 Å². The third-order valence-corrected chi connectivity index (χ3v) is 4.21. The highest BCUT2D eigenvalue weighted by Gasteiger charge is 2.28. The van der Waals surface area contributed by atoms with Gasteiger partial charge in [-0.1, -0.05) is 18.2 Å². The fourth-order valence-corrected chi connectivity index (χ4v) is 3.08. The second-order valence-electron chi connectivity index (χ2n) is 5.76. The Kier molecular flexibility index (Phi) is 4.10. The maximum absolute atomic E-state index is 11.8. The predicted octanol–water partition coefficient (Wildman–Crippen LogP) is 2.53. The van der Waals surface area contributed by atoms with E-state index in [1.165, 1.54) is 0 Å². The lowest BCUT2D eigenvalue weighted by molar-refractivity contribution is -0.129. The van der Waals surface area contributed by atoms with Crippen LogP contribution in [0.25, 0.3) is 11.3 Å². The molecule has 1 saturated heterocycles. The molecule has 0 spiro atoms. The number of carbonyl (C=O) groups is 2. The number of primary amides is 1. The van der Waals surface area contributed by atoms with Crippen LogP contribution in [-0.2, 0) is 4.79 Å². The van der Waals surface area contributed by atoms with E-state index >= 15 is 0 Å². The van der Waals surface area contributed by atoms with E-state index in [1.54, 1.807) is 25.1 Å². The number of amides is 2. The largest absolute Gasteiger partial charge is 0.366 e. The molecule has 0 bridgehead atoms. The number of rotatable bonds is 3. The third kappa shape index (κ3) is 3.08. The van der Waals surface area contributed by atoms with Gasteiger partial charge in [-0.3, -0.25) is 14.6 Å². The second-order valence-corrected chi connectivity index (χ2v) is 5.76. The Hall–Kier alpha value is -2.69. The van der Waals surface area contributed by atoms with Crippen molar-refractivity contribution in [2.45, 2.75) is 25.8 Å². The molecule has 1 aromatic heterocycles. The van der Waals surface area contributed by atoms with Crippen LogP contribution in [0.1, 0.15) is 41.9 Å². The van der Waals surface area contributed by atoms with Gasteiger partial charge in [-0.25, -0.2) is 0 Å². The molecular formula is C18H19N3O2. The molecular weight excluding hydrogens is 290 g/mol. The predicted molar refractivity (Wildman–Crippen MR) is 87.6 cm³/mol. The molecule has 0 saturated carbocycles. The van der Waals surface area contributed by atoms with E-state index in [4.69, 9.17) is 10.7 Å². The van der Waals surface area contributed by atoms with Crippen LogP contribution in [0.2, 0.25) is 0 Å². The summed E-state index contributed by atoms with van der Waals surface area (Å²) in [5, 5.41) is 0. The Morgan fingerprint density at radius 3 is 2.74 bits per heavy atom. The van der Waals surface area contributed by atoms with Crippen LogP contribution in [-0.4, -0.2) is 28.2 Å². The van der Waals surface area contributed by atoms with Crippen LogP contribution in [0.5, 0.6) is 0 Å². The number of likely N-dealkylation sites (tertiary alicyclic amines) is 1. The minimum Gasteiger partial charge on any atom is -0.366 e. The van der Waals surface area contributed by atoms with Gasteiger partial charge in [0.15, 0.2) is 0 Å². The number of nitrogens with zero attached hydrogens (tertiary/aromatic N) is 2. The molecule has 2 N–H and O–H groups in total. The number of aromatic nitrogens is 1. The summed E-state index contributed by atoms with van der Waals surface area (Å²) >= 11 is 0. The maximum Gasteiger partial charge on any atom is 0.248 e. The van der Waals surface area contributed by atoms with Crippen LogP contribution in [0, 0.1) is 0 Å². The maximum atomic E-state index is 11.8. The summed E-state index contributed by atoms with van der Waals surface area (Å²) in [6, 6.07) is 12.9. The highest BCUT2D eigenvalue weighted by Crippen LogP contribution is 2.32. The van der Waals surface area contributed by atoms with E-state index in [1.807, 2.05) is 29.2 Å². The van der Waals surface area contributed by atoms with E-state index in [0.29, 0.717) is 5.56 Å². The number of carbonyl (C=O) groups excluding carboxylic acids is 2. The highest BCUT2D eigenvalue weighted by molar-refractivity contribution is 5.94. The smallest absolute Gasteiger partial charge is 0.248 e. The van der Waals surface area contributed by atoms with Gasteiger partial charge >= 0.3 is 0 Å². The second kappa shape index (κ2) is 6.20. The zero-order chi connectivity index (χ0) is 16.4. The van der Waals surface area contributed by atoms with E-state index < -0.39 is 5.91 Å². The fraction of sp³-hybridized carbons (Fsp3) is 0.278. The number of hydrogen-bond acceptors (Lipinski definition) is 3. The van der Waals surface area contributed by atoms with Crippen molar-refractivity contribution in [2.75, 3.05) is 6.54 Å². The summed E-state index contributed by atoms with van der Waals surface area (Å²) in [5.41, 5.74) is 8.31. The van der Waals surface area contributed by atoms with Crippen molar-refractivity contribution in [3.8, 4) is 11.3 Å². The lowest BCUT2D eigenvalue weighted by atomic mass is 10.1. The molecule has 2 amide bonds. The first-order valence-electron chi connectivity index (χ1n) is 7.70. The van der Waals surface area contributed by atoms with E-state index in [9.17, 15) is 9.59 Å². The molecule has 2 aromatic rings. The van der Waals surface area contributed by atoms with Gasteiger partial charge in [0, 0.05) is 24.6 Å². The van der Waals surface area contributed by atoms with Crippen LogP contribution in [0.4, 0.5) is 0 Å². The average Bonchev–Trinajstić information content (AvgIpc) is 3.05. The minimum absolute atomic E-state index is 0.0340. The fourth-order valence-electron chi connectivity index (χ4n) is 3.08. The number of pyridine rings is 1. The Morgan fingerprint density at radius 1 is 1.22 bits per heavy atom. The Bertz CT molecular complexity index is 757. The van der Waals surface area contributed by atoms with Gasteiger partial charge < -0.3 is 10.6 Å². The molecule has 3 rings (SSSR count). The summed E-state index contributed by atoms with van der Waals surface area (Å²) in [6.45, 7) is 2.38. The third-order valence-electron chi connectivity index (χ3n) is 4.21. The van der Waals surface area contributed by atoms with Crippen LogP contribution in [0.15, 0.2) is 42.5 Å². The summed E-state index contributed by atoms with van der Waals surface area (Å²) < 4.78 is 0. The molecule has 2 heterocycles. The molecule has 1 aromatic carbocycles. The van der Waals surface area contributed by atoms with Crippen molar-refractivity contribution >= 4 is 11.8 Å². The van der Waals surface area contributed by atoms with E-state index in [2.05, 4.69) is 0 Å². The molecule has 118 valence electrons. The topological polar surface area (TPSA) is 76.3 Å². The molecule has 23 heavy (non-hydrogen) atoms. The van der Waals surface area contributed by atoms with Gasteiger partial charge in [0.2, 0.25) is 11.8 Å². The van der Waals surface area contributed by atoms with Crippen molar-refractivity contribution in [2.24, 2.45) is 5.73 Å². The molecule has 0 unspecified atom stereocenters. The zero-order valence-corrected chi connectivity index (χ0v) is 13.0. The summed E-state index contributed by atoms with van der Waals surface area (Å²) in [5.74, 6) is -0.378. The van der Waals surface area contributed by atoms with E-state index in [-0.39, 0.29) is 11.9 Å². The van der Waals surface area contributed by atoms with Gasteiger partial charge in [-0.2, -0.15) is 0 Å². The molecule has 1 aliphatic heterocycles. The first-order valence-corrected chi connectivity index (χ1v) is 7.70. The van der Waals surface area contributed by atoms with Gasteiger partial charge in [0.1, 0.15) is 0 Å². The van der Waals surface area contributed by atoms with Crippen molar-refractivity contribution in [1.29, 1.82) is 0 Å². The number of nitrogens with two attached hydrogens (primary N) is 1. The van der Waals surface area contributed by atoms with Crippen molar-refractivity contribution in [3.05, 3.63) is 53.7 Å². The van der Waals surface area contributed by atoms with Gasteiger partial charge in [-0.05, 0) is 37.1 Å². The number of hydrogen-bond donors (Lipinski definition) is 1. The van der Waals surface area contributed by atoms with Crippen LogP contribution in [0.3, 0.4) is 0 Å². The normalized spacial score (nSPS) is 17.3. The molecule has 1 fully saturated rings. The number of benzene rings is 1. The first-order chi connectivity index (χ1) is 11.1. The lowest BCUT2D eigenvalue weighted by Crippen LogP contribution is -2.28. The summed E-state index contributed by atoms with van der Waals surface area (Å²) in [6.07, 6.45) is 1.92. The quantitative estimate of drug-likeness (QED) is 0.946. The molecule has 0 radical (unpaired) electrons. The van der Waals surface area contributed by atoms with Crippen molar-refractivity contribution < 1.29 is 9.59 Å². The molecule has 5 nitrogen and oxygen atoms in total. The van der Waals surface area contributed by atoms with Crippen molar-refractivity contribution in [3.63, 3.8) is 0 Å². The van der Waals surface area contributed by atoms with Crippen molar-refractivity contribution in [1.82, 2.24) is 9.88 Å². The molecule has 1 atom stereocenters.